The first-order chi connectivity index (χ1) is 9.77. The van der Waals surface area contributed by atoms with Gasteiger partial charge in [0, 0.05) is 31.6 Å². The highest BCUT2D eigenvalue weighted by Crippen LogP contribution is 2.60. The van der Waals surface area contributed by atoms with Gasteiger partial charge in [0.05, 0.1) is 0 Å². The van der Waals surface area contributed by atoms with Crippen molar-refractivity contribution < 1.29 is 4.79 Å². The van der Waals surface area contributed by atoms with E-state index in [0.717, 1.165) is 26.1 Å². The van der Waals surface area contributed by atoms with Gasteiger partial charge >= 0.3 is 0 Å². The molecule has 3 nitrogen and oxygen atoms in total. The Morgan fingerprint density at radius 1 is 1.35 bits per heavy atom. The summed E-state index contributed by atoms with van der Waals surface area (Å²) in [4.78, 5) is 15.0. The molecule has 1 aromatic rings. The Hall–Kier alpha value is -1.35. The molecule has 1 saturated carbocycles. The maximum Gasteiger partial charge on any atom is 0.226 e. The molecule has 0 aromatic heterocycles. The molecule has 0 spiro atoms. The zero-order valence-electron chi connectivity index (χ0n) is 12.0. The molecule has 2 fully saturated rings. The number of carbonyl (C=O) groups excluding carboxylic acids is 1. The Morgan fingerprint density at radius 2 is 2.20 bits per heavy atom. The van der Waals surface area contributed by atoms with E-state index in [9.17, 15) is 4.79 Å². The number of benzene rings is 1. The van der Waals surface area contributed by atoms with Crippen LogP contribution in [0.4, 0.5) is 0 Å². The molecule has 3 heteroatoms. The maximum atomic E-state index is 12.8. The summed E-state index contributed by atoms with van der Waals surface area (Å²) >= 11 is 0. The molecule has 3 aliphatic rings. The molecular formula is C17H22N2O. The summed E-state index contributed by atoms with van der Waals surface area (Å²) in [6.07, 6.45) is 2.34. The van der Waals surface area contributed by atoms with E-state index in [1.54, 1.807) is 0 Å². The Labute approximate surface area is 120 Å². The fourth-order valence-corrected chi connectivity index (χ4v) is 4.26. The first kappa shape index (κ1) is 12.4. The monoisotopic (exact) mass is 270 g/mol. The number of fused-ring (bicyclic) bond motifs is 3. The maximum absolute atomic E-state index is 12.8. The smallest absolute Gasteiger partial charge is 0.226 e. The molecule has 2 aliphatic carbocycles. The van der Waals surface area contributed by atoms with Gasteiger partial charge in [0.2, 0.25) is 5.91 Å². The molecule has 0 radical (unpaired) electrons. The van der Waals surface area contributed by atoms with E-state index >= 15 is 0 Å². The first-order valence-corrected chi connectivity index (χ1v) is 7.86. The zero-order chi connectivity index (χ0) is 13.7. The topological polar surface area (TPSA) is 32.3 Å². The third kappa shape index (κ3) is 1.80. The average molecular weight is 270 g/mol. The van der Waals surface area contributed by atoms with Crippen molar-refractivity contribution in [2.75, 3.05) is 19.6 Å². The van der Waals surface area contributed by atoms with Crippen molar-refractivity contribution in [1.29, 1.82) is 0 Å². The highest BCUT2D eigenvalue weighted by atomic mass is 16.2. The summed E-state index contributed by atoms with van der Waals surface area (Å²) in [5.41, 5.74) is 2.92. The van der Waals surface area contributed by atoms with Crippen molar-refractivity contribution in [3.8, 4) is 0 Å². The Bertz CT molecular complexity index is 542. The predicted octanol–water partition coefficient (Wildman–Crippen LogP) is 1.78. The molecule has 4 unspecified atom stereocenters. The van der Waals surface area contributed by atoms with Gasteiger partial charge in [-0.3, -0.25) is 4.79 Å². The molecular weight excluding hydrogens is 248 g/mol. The van der Waals surface area contributed by atoms with Crippen LogP contribution in [0.3, 0.4) is 0 Å². The van der Waals surface area contributed by atoms with Gasteiger partial charge in [-0.15, -0.1) is 0 Å². The average Bonchev–Trinajstić information content (AvgIpc) is 3.22. The molecule has 4 atom stereocenters. The highest BCUT2D eigenvalue weighted by Gasteiger charge is 2.58. The number of carbonyl (C=O) groups is 1. The van der Waals surface area contributed by atoms with E-state index in [0.29, 0.717) is 23.8 Å². The van der Waals surface area contributed by atoms with Crippen LogP contribution in [0.5, 0.6) is 0 Å². The van der Waals surface area contributed by atoms with Gasteiger partial charge in [-0.05, 0) is 42.7 Å². The molecule has 1 aliphatic heterocycles. The Balaban J connectivity index is 1.56. The molecule has 1 heterocycles. The number of aryl methyl sites for hydroxylation is 1. The van der Waals surface area contributed by atoms with E-state index in [1.165, 1.54) is 17.5 Å². The molecule has 106 valence electrons. The van der Waals surface area contributed by atoms with E-state index in [4.69, 9.17) is 0 Å². The minimum absolute atomic E-state index is 0.263. The summed E-state index contributed by atoms with van der Waals surface area (Å²) in [7, 11) is 0. The van der Waals surface area contributed by atoms with Crippen molar-refractivity contribution in [1.82, 2.24) is 10.2 Å². The Kier molecular flexibility index (Phi) is 2.84. The molecule has 20 heavy (non-hydrogen) atoms. The van der Waals surface area contributed by atoms with Crippen LogP contribution >= 0.6 is 0 Å². The van der Waals surface area contributed by atoms with Gasteiger partial charge in [-0.25, -0.2) is 0 Å². The number of hydrogen-bond acceptors (Lipinski definition) is 2. The lowest BCUT2D eigenvalue weighted by Crippen LogP contribution is -2.52. The first-order valence-electron chi connectivity index (χ1n) is 7.86. The second-order valence-corrected chi connectivity index (χ2v) is 6.54. The molecule has 4 rings (SSSR count). The fourth-order valence-electron chi connectivity index (χ4n) is 4.26. The summed E-state index contributed by atoms with van der Waals surface area (Å²) in [6, 6.07) is 9.05. The van der Waals surface area contributed by atoms with E-state index < -0.39 is 0 Å². The summed E-state index contributed by atoms with van der Waals surface area (Å²) in [5.74, 6) is 1.79. The normalized spacial score (nSPS) is 35.1. The summed E-state index contributed by atoms with van der Waals surface area (Å²) in [5, 5.41) is 3.36. The lowest BCUT2D eigenvalue weighted by molar-refractivity contribution is -0.135. The van der Waals surface area contributed by atoms with Gasteiger partial charge in [-0.1, -0.05) is 24.3 Å². The third-order valence-electron chi connectivity index (χ3n) is 5.40. The molecule has 1 aromatic carbocycles. The standard InChI is InChI=1S/C17H22N2O/c1-11-10-18-8-9-19(11)17(20)16-14-7-6-12-4-2-3-5-13(12)15(14)16/h2-5,11,14-16,18H,6-10H2,1H3. The van der Waals surface area contributed by atoms with Gasteiger partial charge in [-0.2, -0.15) is 0 Å². The highest BCUT2D eigenvalue weighted by molar-refractivity contribution is 5.84. The van der Waals surface area contributed by atoms with Crippen LogP contribution in [0.15, 0.2) is 24.3 Å². The number of piperazine rings is 1. The largest absolute Gasteiger partial charge is 0.337 e. The van der Waals surface area contributed by atoms with Crippen LogP contribution in [-0.2, 0) is 11.2 Å². The van der Waals surface area contributed by atoms with E-state index in [2.05, 4.69) is 41.4 Å². The predicted molar refractivity (Wildman–Crippen MR) is 78.5 cm³/mol. The van der Waals surface area contributed by atoms with Crippen molar-refractivity contribution in [2.45, 2.75) is 31.7 Å². The van der Waals surface area contributed by atoms with Gasteiger partial charge in [0.15, 0.2) is 0 Å². The minimum atomic E-state index is 0.263. The summed E-state index contributed by atoms with van der Waals surface area (Å²) in [6.45, 7) is 4.90. The minimum Gasteiger partial charge on any atom is -0.337 e. The lowest BCUT2D eigenvalue weighted by atomic mass is 9.92. The van der Waals surface area contributed by atoms with Crippen LogP contribution in [0.2, 0.25) is 0 Å². The molecule has 1 saturated heterocycles. The number of hydrogen-bond donors (Lipinski definition) is 1. The third-order valence-corrected chi connectivity index (χ3v) is 5.40. The van der Waals surface area contributed by atoms with Crippen LogP contribution < -0.4 is 5.32 Å². The van der Waals surface area contributed by atoms with E-state index in [-0.39, 0.29) is 5.92 Å². The van der Waals surface area contributed by atoms with Gasteiger partial charge in [0.25, 0.3) is 0 Å². The second-order valence-electron chi connectivity index (χ2n) is 6.54. The molecule has 1 N–H and O–H groups in total. The van der Waals surface area contributed by atoms with E-state index in [1.807, 2.05) is 0 Å². The van der Waals surface area contributed by atoms with Gasteiger partial charge in [0.1, 0.15) is 0 Å². The van der Waals surface area contributed by atoms with Crippen LogP contribution in [-0.4, -0.2) is 36.5 Å². The van der Waals surface area contributed by atoms with Crippen LogP contribution in [0.1, 0.15) is 30.4 Å². The number of nitrogens with one attached hydrogen (secondary N) is 1. The lowest BCUT2D eigenvalue weighted by Gasteiger charge is -2.34. The number of rotatable bonds is 1. The SMILES string of the molecule is CC1CNCCN1C(=O)C1C2CCc3ccccc3C21. The van der Waals surface area contributed by atoms with Crippen molar-refractivity contribution in [3.05, 3.63) is 35.4 Å². The molecule has 1 amide bonds. The fraction of sp³-hybridized carbons (Fsp3) is 0.588. The number of amides is 1. The molecule has 0 bridgehead atoms. The quantitative estimate of drug-likeness (QED) is 0.843. The second kappa shape index (κ2) is 4.59. The van der Waals surface area contributed by atoms with Crippen molar-refractivity contribution >= 4 is 5.91 Å². The summed E-state index contributed by atoms with van der Waals surface area (Å²) < 4.78 is 0. The van der Waals surface area contributed by atoms with Crippen LogP contribution in [0.25, 0.3) is 0 Å². The number of nitrogens with zero attached hydrogens (tertiary/aromatic N) is 1. The van der Waals surface area contributed by atoms with Crippen LogP contribution in [0, 0.1) is 11.8 Å². The Morgan fingerprint density at radius 3 is 3.05 bits per heavy atom. The van der Waals surface area contributed by atoms with Gasteiger partial charge < -0.3 is 10.2 Å². The van der Waals surface area contributed by atoms with Crippen molar-refractivity contribution in [2.24, 2.45) is 11.8 Å². The zero-order valence-corrected chi connectivity index (χ0v) is 12.0. The van der Waals surface area contributed by atoms with Crippen molar-refractivity contribution in [3.63, 3.8) is 0 Å².